The molecule has 2 bridgehead atoms. The Balaban J connectivity index is 1.53. The summed E-state index contributed by atoms with van der Waals surface area (Å²) in [5.74, 6) is -1.69. The third-order valence-electron chi connectivity index (χ3n) is 6.22. The van der Waals surface area contributed by atoms with E-state index in [1.54, 1.807) is 36.4 Å². The first-order chi connectivity index (χ1) is 13.6. The highest BCUT2D eigenvalue weighted by molar-refractivity contribution is 6.24. The Labute approximate surface area is 163 Å². The molecule has 2 fully saturated rings. The number of anilines is 1. The van der Waals surface area contributed by atoms with Crippen LogP contribution in [0.15, 0.2) is 66.7 Å². The van der Waals surface area contributed by atoms with E-state index in [-0.39, 0.29) is 23.6 Å². The molecule has 3 aliphatic rings. The SMILES string of the molecule is Cc1ccccc1CN1[C@@H]2C(=O)C=C[C@H]1[C@@H]1C(=O)N(c3ccccc3)C(=O)C12. The molecule has 3 aliphatic heterocycles. The van der Waals surface area contributed by atoms with E-state index >= 15 is 0 Å². The minimum absolute atomic E-state index is 0.0894. The van der Waals surface area contributed by atoms with Crippen molar-refractivity contribution in [1.82, 2.24) is 4.90 Å². The van der Waals surface area contributed by atoms with Crippen LogP contribution in [0.1, 0.15) is 11.1 Å². The van der Waals surface area contributed by atoms with Crippen molar-refractivity contribution in [3.05, 3.63) is 77.9 Å². The maximum Gasteiger partial charge on any atom is 0.239 e. The summed E-state index contributed by atoms with van der Waals surface area (Å²) in [4.78, 5) is 42.6. The number of hydrogen-bond donors (Lipinski definition) is 0. The fourth-order valence-electron chi connectivity index (χ4n) is 4.88. The van der Waals surface area contributed by atoms with Gasteiger partial charge in [0.25, 0.3) is 0 Å². The van der Waals surface area contributed by atoms with Crippen LogP contribution in [0, 0.1) is 18.8 Å². The predicted octanol–water partition coefficient (Wildman–Crippen LogP) is 2.49. The van der Waals surface area contributed by atoms with E-state index in [4.69, 9.17) is 0 Å². The van der Waals surface area contributed by atoms with Crippen molar-refractivity contribution in [3.8, 4) is 0 Å². The molecule has 1 unspecified atom stereocenters. The molecule has 5 heteroatoms. The van der Waals surface area contributed by atoms with Gasteiger partial charge in [-0.1, -0.05) is 48.5 Å². The smallest absolute Gasteiger partial charge is 0.239 e. The molecule has 0 radical (unpaired) electrons. The third-order valence-corrected chi connectivity index (χ3v) is 6.22. The Morgan fingerprint density at radius 3 is 2.29 bits per heavy atom. The number of para-hydroxylation sites is 1. The topological polar surface area (TPSA) is 57.7 Å². The summed E-state index contributed by atoms with van der Waals surface area (Å²) in [6, 6.07) is 16.2. The normalized spacial score (nSPS) is 28.9. The molecule has 140 valence electrons. The van der Waals surface area contributed by atoms with E-state index in [9.17, 15) is 14.4 Å². The van der Waals surface area contributed by atoms with Crippen molar-refractivity contribution in [2.24, 2.45) is 11.8 Å². The van der Waals surface area contributed by atoms with Gasteiger partial charge in [-0.3, -0.25) is 19.3 Å². The zero-order valence-corrected chi connectivity index (χ0v) is 15.5. The first-order valence-electron chi connectivity index (χ1n) is 9.53. The Hall–Kier alpha value is -3.05. The Bertz CT molecular complexity index is 1010. The summed E-state index contributed by atoms with van der Waals surface area (Å²) in [6.07, 6.45) is 3.36. The molecule has 0 N–H and O–H groups in total. The number of imide groups is 1. The molecule has 3 heterocycles. The average molecular weight is 372 g/mol. The van der Waals surface area contributed by atoms with Gasteiger partial charge in [0.15, 0.2) is 5.78 Å². The monoisotopic (exact) mass is 372 g/mol. The predicted molar refractivity (Wildman–Crippen MR) is 104 cm³/mol. The van der Waals surface area contributed by atoms with Gasteiger partial charge in [0.05, 0.1) is 23.6 Å². The Morgan fingerprint density at radius 1 is 0.857 bits per heavy atom. The lowest BCUT2D eigenvalue weighted by molar-refractivity contribution is -0.129. The van der Waals surface area contributed by atoms with Crippen LogP contribution in [0.3, 0.4) is 0 Å². The number of aryl methyl sites for hydroxylation is 1. The molecule has 2 saturated heterocycles. The molecular formula is C23H20N2O3. The van der Waals surface area contributed by atoms with Crippen LogP contribution in [0.5, 0.6) is 0 Å². The summed E-state index contributed by atoms with van der Waals surface area (Å²) in [7, 11) is 0. The van der Waals surface area contributed by atoms with Crippen LogP contribution in [0.25, 0.3) is 0 Å². The van der Waals surface area contributed by atoms with Crippen LogP contribution in [0.2, 0.25) is 0 Å². The summed E-state index contributed by atoms with van der Waals surface area (Å²) >= 11 is 0. The minimum atomic E-state index is -0.621. The maximum absolute atomic E-state index is 13.2. The van der Waals surface area contributed by atoms with E-state index in [1.165, 1.54) is 4.90 Å². The van der Waals surface area contributed by atoms with E-state index < -0.39 is 17.9 Å². The van der Waals surface area contributed by atoms with Crippen molar-refractivity contribution < 1.29 is 14.4 Å². The van der Waals surface area contributed by atoms with E-state index in [0.29, 0.717) is 12.2 Å². The van der Waals surface area contributed by atoms with Gasteiger partial charge in [-0.05, 0) is 36.3 Å². The van der Waals surface area contributed by atoms with Gasteiger partial charge in [-0.15, -0.1) is 0 Å². The lowest BCUT2D eigenvalue weighted by Crippen LogP contribution is -2.48. The fraction of sp³-hybridized carbons (Fsp3) is 0.261. The second-order valence-corrected chi connectivity index (χ2v) is 7.69. The second-order valence-electron chi connectivity index (χ2n) is 7.69. The molecule has 4 atom stereocenters. The summed E-state index contributed by atoms with van der Waals surface area (Å²) in [5.41, 5.74) is 2.82. The third kappa shape index (κ3) is 2.33. The molecule has 5 rings (SSSR count). The molecule has 0 aromatic heterocycles. The van der Waals surface area contributed by atoms with Crippen molar-refractivity contribution in [2.45, 2.75) is 25.6 Å². The van der Waals surface area contributed by atoms with Gasteiger partial charge in [0, 0.05) is 12.6 Å². The molecule has 0 spiro atoms. The number of hydrogen-bond acceptors (Lipinski definition) is 4. The minimum Gasteiger partial charge on any atom is -0.293 e. The number of carbonyl (C=O) groups is 3. The lowest BCUT2D eigenvalue weighted by Gasteiger charge is -2.33. The van der Waals surface area contributed by atoms with Crippen LogP contribution < -0.4 is 4.90 Å². The quantitative estimate of drug-likeness (QED) is 0.777. The molecular weight excluding hydrogens is 352 g/mol. The van der Waals surface area contributed by atoms with Crippen molar-refractivity contribution in [1.29, 1.82) is 0 Å². The largest absolute Gasteiger partial charge is 0.293 e. The highest BCUT2D eigenvalue weighted by Crippen LogP contribution is 2.47. The van der Waals surface area contributed by atoms with Crippen LogP contribution >= 0.6 is 0 Å². The molecule has 0 saturated carbocycles. The molecule has 2 aromatic rings. The number of nitrogens with zero attached hydrogens (tertiary/aromatic N) is 2. The summed E-state index contributed by atoms with van der Waals surface area (Å²) in [6.45, 7) is 2.59. The number of benzene rings is 2. The summed E-state index contributed by atoms with van der Waals surface area (Å²) in [5, 5.41) is 0. The van der Waals surface area contributed by atoms with Gasteiger partial charge < -0.3 is 0 Å². The van der Waals surface area contributed by atoms with Gasteiger partial charge in [-0.2, -0.15) is 0 Å². The molecule has 2 aromatic carbocycles. The Kier molecular flexibility index (Phi) is 3.81. The van der Waals surface area contributed by atoms with E-state index in [1.807, 2.05) is 42.2 Å². The van der Waals surface area contributed by atoms with Crippen LogP contribution in [-0.2, 0) is 20.9 Å². The van der Waals surface area contributed by atoms with Gasteiger partial charge in [-0.25, -0.2) is 4.90 Å². The second kappa shape index (κ2) is 6.24. The van der Waals surface area contributed by atoms with Crippen LogP contribution in [-0.4, -0.2) is 34.6 Å². The van der Waals surface area contributed by atoms with Gasteiger partial charge in [0.2, 0.25) is 11.8 Å². The first kappa shape index (κ1) is 17.1. The maximum atomic E-state index is 13.2. The van der Waals surface area contributed by atoms with Crippen molar-refractivity contribution in [2.75, 3.05) is 4.90 Å². The van der Waals surface area contributed by atoms with E-state index in [0.717, 1.165) is 11.1 Å². The zero-order chi connectivity index (χ0) is 19.4. The molecule has 5 nitrogen and oxygen atoms in total. The van der Waals surface area contributed by atoms with Crippen molar-refractivity contribution in [3.63, 3.8) is 0 Å². The lowest BCUT2D eigenvalue weighted by atomic mass is 9.90. The van der Waals surface area contributed by atoms with E-state index in [2.05, 4.69) is 0 Å². The molecule has 0 aliphatic carbocycles. The number of rotatable bonds is 3. The standard InChI is InChI=1S/C23H20N2O3/c1-14-7-5-6-8-15(14)13-24-17-11-12-18(26)21(24)20-19(17)22(27)25(23(20)28)16-9-3-2-4-10-16/h2-12,17,19-21H,13H2,1H3/t17-,19-,20?,21+/m0/s1. The summed E-state index contributed by atoms with van der Waals surface area (Å²) < 4.78 is 0. The fourth-order valence-corrected chi connectivity index (χ4v) is 4.88. The number of fused-ring (bicyclic) bond motifs is 5. The number of carbonyl (C=O) groups excluding carboxylic acids is 3. The number of ketones is 1. The highest BCUT2D eigenvalue weighted by Gasteiger charge is 2.64. The zero-order valence-electron chi connectivity index (χ0n) is 15.5. The van der Waals surface area contributed by atoms with Crippen molar-refractivity contribution >= 4 is 23.3 Å². The Morgan fingerprint density at radius 2 is 1.54 bits per heavy atom. The molecule has 28 heavy (non-hydrogen) atoms. The van der Waals surface area contributed by atoms with Gasteiger partial charge in [0.1, 0.15) is 0 Å². The first-order valence-corrected chi connectivity index (χ1v) is 9.53. The highest BCUT2D eigenvalue weighted by atomic mass is 16.2. The average Bonchev–Trinajstić information content (AvgIpc) is 3.08. The molecule has 2 amide bonds. The van der Waals surface area contributed by atoms with Gasteiger partial charge >= 0.3 is 0 Å². The van der Waals surface area contributed by atoms with Crippen LogP contribution in [0.4, 0.5) is 5.69 Å². The number of amides is 2.